The number of imidazole rings is 1. The van der Waals surface area contributed by atoms with Crippen LogP contribution in [0.1, 0.15) is 58.3 Å². The van der Waals surface area contributed by atoms with E-state index < -0.39 is 5.97 Å². The molecule has 1 saturated carbocycles. The molecular formula is C14H14N2O3. The third-order valence-electron chi connectivity index (χ3n) is 3.77. The maximum atomic E-state index is 11.1. The molecule has 0 aromatic carbocycles. The molecule has 2 aromatic rings. The van der Waals surface area contributed by atoms with Gasteiger partial charge in [-0.3, -0.25) is 4.79 Å². The molecule has 0 unspecified atom stereocenters. The van der Waals surface area contributed by atoms with Gasteiger partial charge >= 0.3 is 5.97 Å². The number of aromatic carboxylic acids is 1. The second-order valence-corrected chi connectivity index (χ2v) is 4.93. The lowest BCUT2D eigenvalue weighted by atomic mass is 10.1. The van der Waals surface area contributed by atoms with Crippen molar-refractivity contribution in [3.05, 3.63) is 35.4 Å². The maximum Gasteiger partial charge on any atom is 0.337 e. The summed E-state index contributed by atoms with van der Waals surface area (Å²) < 4.78 is 1.77. The minimum atomic E-state index is -0.972. The molecular weight excluding hydrogens is 244 g/mol. The highest BCUT2D eigenvalue weighted by Crippen LogP contribution is 2.34. The van der Waals surface area contributed by atoms with Crippen LogP contribution in [0.15, 0.2) is 18.3 Å². The molecule has 0 spiro atoms. The predicted molar refractivity (Wildman–Crippen MR) is 68.7 cm³/mol. The van der Waals surface area contributed by atoms with Crippen molar-refractivity contribution in [3.63, 3.8) is 0 Å². The van der Waals surface area contributed by atoms with Gasteiger partial charge in [0.15, 0.2) is 6.29 Å². The fraction of sp³-hybridized carbons (Fsp3) is 0.357. The van der Waals surface area contributed by atoms with Gasteiger partial charge in [0.05, 0.1) is 11.1 Å². The average molecular weight is 258 g/mol. The number of carbonyl (C=O) groups is 2. The highest BCUT2D eigenvalue weighted by molar-refractivity contribution is 5.89. The number of carbonyl (C=O) groups excluding carboxylic acids is 1. The quantitative estimate of drug-likeness (QED) is 0.858. The molecule has 0 atom stereocenters. The zero-order valence-corrected chi connectivity index (χ0v) is 10.4. The topological polar surface area (TPSA) is 71.7 Å². The molecule has 98 valence electrons. The summed E-state index contributed by atoms with van der Waals surface area (Å²) in [6.45, 7) is 0. The second-order valence-electron chi connectivity index (χ2n) is 4.93. The SMILES string of the molecule is O=Cc1nc(C2CCCC2)n2cc(C(=O)O)ccc12. The zero-order valence-electron chi connectivity index (χ0n) is 10.4. The molecule has 0 aliphatic heterocycles. The third-order valence-corrected chi connectivity index (χ3v) is 3.77. The highest BCUT2D eigenvalue weighted by atomic mass is 16.4. The fourth-order valence-electron chi connectivity index (χ4n) is 2.82. The Kier molecular flexibility index (Phi) is 2.81. The summed E-state index contributed by atoms with van der Waals surface area (Å²) >= 11 is 0. The van der Waals surface area contributed by atoms with E-state index in [1.165, 1.54) is 6.07 Å². The minimum absolute atomic E-state index is 0.210. The standard InChI is InChI=1S/C14H14N2O3/c17-8-11-12-6-5-10(14(18)19)7-16(12)13(15-11)9-3-1-2-4-9/h5-9H,1-4H2,(H,18,19). The summed E-state index contributed by atoms with van der Waals surface area (Å²) in [7, 11) is 0. The lowest BCUT2D eigenvalue weighted by molar-refractivity contribution is 0.0696. The number of nitrogens with zero attached hydrogens (tertiary/aromatic N) is 2. The number of aldehydes is 1. The van der Waals surface area contributed by atoms with E-state index in [9.17, 15) is 9.59 Å². The largest absolute Gasteiger partial charge is 0.478 e. The van der Waals surface area contributed by atoms with E-state index in [0.29, 0.717) is 17.1 Å². The number of rotatable bonds is 3. The van der Waals surface area contributed by atoms with Crippen LogP contribution >= 0.6 is 0 Å². The minimum Gasteiger partial charge on any atom is -0.478 e. The summed E-state index contributed by atoms with van der Waals surface area (Å²) in [5.74, 6) is 0.170. The van der Waals surface area contributed by atoms with Gasteiger partial charge in [-0.15, -0.1) is 0 Å². The molecule has 5 heteroatoms. The summed E-state index contributed by atoms with van der Waals surface area (Å²) in [6, 6.07) is 3.16. The van der Waals surface area contributed by atoms with E-state index in [1.54, 1.807) is 16.7 Å². The van der Waals surface area contributed by atoms with Gasteiger partial charge in [-0.05, 0) is 25.0 Å². The first-order chi connectivity index (χ1) is 9.20. The van der Waals surface area contributed by atoms with Gasteiger partial charge in [-0.1, -0.05) is 12.8 Å². The lowest BCUT2D eigenvalue weighted by Crippen LogP contribution is -2.03. The molecule has 1 aliphatic rings. The van der Waals surface area contributed by atoms with Gasteiger partial charge in [0.2, 0.25) is 0 Å². The predicted octanol–water partition coefficient (Wildman–Crippen LogP) is 2.50. The first-order valence-corrected chi connectivity index (χ1v) is 6.41. The second kappa shape index (κ2) is 4.50. The summed E-state index contributed by atoms with van der Waals surface area (Å²) in [5, 5.41) is 9.06. The Bertz CT molecular complexity index is 654. The first-order valence-electron chi connectivity index (χ1n) is 6.41. The molecule has 1 N–H and O–H groups in total. The van der Waals surface area contributed by atoms with E-state index in [1.807, 2.05) is 0 Å². The Hall–Kier alpha value is -2.17. The van der Waals surface area contributed by atoms with Crippen LogP contribution in [0.3, 0.4) is 0 Å². The average Bonchev–Trinajstić information content (AvgIpc) is 3.04. The van der Waals surface area contributed by atoms with Crippen LogP contribution in [0.2, 0.25) is 0 Å². The molecule has 1 fully saturated rings. The fourth-order valence-corrected chi connectivity index (χ4v) is 2.82. The van der Waals surface area contributed by atoms with Gasteiger partial charge < -0.3 is 9.51 Å². The molecule has 0 radical (unpaired) electrons. The molecule has 3 rings (SSSR count). The van der Waals surface area contributed by atoms with Crippen LogP contribution in [0.4, 0.5) is 0 Å². The molecule has 0 amide bonds. The van der Waals surface area contributed by atoms with Crippen molar-refractivity contribution >= 4 is 17.8 Å². The van der Waals surface area contributed by atoms with Crippen molar-refractivity contribution in [1.82, 2.24) is 9.38 Å². The molecule has 2 aromatic heterocycles. The van der Waals surface area contributed by atoms with Crippen LogP contribution in [0.5, 0.6) is 0 Å². The Morgan fingerprint density at radius 3 is 2.74 bits per heavy atom. The van der Waals surface area contributed by atoms with Crippen molar-refractivity contribution in [2.24, 2.45) is 0 Å². The van der Waals surface area contributed by atoms with E-state index in [-0.39, 0.29) is 5.56 Å². The first kappa shape index (κ1) is 11.9. The van der Waals surface area contributed by atoms with Crippen LogP contribution in [-0.2, 0) is 0 Å². The molecule has 2 heterocycles. The van der Waals surface area contributed by atoms with E-state index >= 15 is 0 Å². The molecule has 0 saturated heterocycles. The van der Waals surface area contributed by atoms with Crippen LogP contribution in [-0.4, -0.2) is 26.7 Å². The number of carboxylic acid groups (broad SMARTS) is 1. The van der Waals surface area contributed by atoms with Crippen molar-refractivity contribution in [2.45, 2.75) is 31.6 Å². The number of fused-ring (bicyclic) bond motifs is 1. The van der Waals surface area contributed by atoms with Crippen LogP contribution < -0.4 is 0 Å². The van der Waals surface area contributed by atoms with Crippen molar-refractivity contribution in [2.75, 3.05) is 0 Å². The number of hydrogen-bond acceptors (Lipinski definition) is 3. The molecule has 1 aliphatic carbocycles. The van der Waals surface area contributed by atoms with Crippen molar-refractivity contribution < 1.29 is 14.7 Å². The third kappa shape index (κ3) is 1.91. The Morgan fingerprint density at radius 2 is 2.11 bits per heavy atom. The Labute approximate surface area is 109 Å². The monoisotopic (exact) mass is 258 g/mol. The number of carboxylic acids is 1. The number of aromatic nitrogens is 2. The van der Waals surface area contributed by atoms with Crippen LogP contribution in [0, 0.1) is 0 Å². The Morgan fingerprint density at radius 1 is 1.37 bits per heavy atom. The normalized spacial score (nSPS) is 16.0. The summed E-state index contributed by atoms with van der Waals surface area (Å²) in [4.78, 5) is 26.5. The van der Waals surface area contributed by atoms with E-state index in [4.69, 9.17) is 5.11 Å². The van der Waals surface area contributed by atoms with Gasteiger partial charge in [0.1, 0.15) is 11.5 Å². The molecule has 19 heavy (non-hydrogen) atoms. The molecule has 5 nitrogen and oxygen atoms in total. The lowest BCUT2D eigenvalue weighted by Gasteiger charge is -2.08. The van der Waals surface area contributed by atoms with E-state index in [2.05, 4.69) is 4.98 Å². The zero-order chi connectivity index (χ0) is 13.4. The smallest absolute Gasteiger partial charge is 0.337 e. The molecule has 0 bridgehead atoms. The van der Waals surface area contributed by atoms with E-state index in [0.717, 1.165) is 37.8 Å². The van der Waals surface area contributed by atoms with Crippen molar-refractivity contribution in [1.29, 1.82) is 0 Å². The number of hydrogen-bond donors (Lipinski definition) is 1. The number of pyridine rings is 1. The van der Waals surface area contributed by atoms with Gasteiger partial charge in [-0.25, -0.2) is 9.78 Å². The summed E-state index contributed by atoms with van der Waals surface area (Å²) in [6.07, 6.45) is 6.71. The Balaban J connectivity index is 2.21. The van der Waals surface area contributed by atoms with Gasteiger partial charge in [0, 0.05) is 12.1 Å². The maximum absolute atomic E-state index is 11.1. The highest BCUT2D eigenvalue weighted by Gasteiger charge is 2.23. The van der Waals surface area contributed by atoms with Crippen LogP contribution in [0.25, 0.3) is 5.52 Å². The summed E-state index contributed by atoms with van der Waals surface area (Å²) in [5.41, 5.74) is 1.28. The van der Waals surface area contributed by atoms with Gasteiger partial charge in [0.25, 0.3) is 0 Å². The van der Waals surface area contributed by atoms with Gasteiger partial charge in [-0.2, -0.15) is 0 Å². The van der Waals surface area contributed by atoms with Crippen molar-refractivity contribution in [3.8, 4) is 0 Å².